The molecule has 0 aromatic heterocycles. The number of benzene rings is 1. The predicted octanol–water partition coefficient (Wildman–Crippen LogP) is 2.13. The van der Waals surface area contributed by atoms with Gasteiger partial charge in [0.25, 0.3) is 0 Å². The summed E-state index contributed by atoms with van der Waals surface area (Å²) in [5, 5.41) is 6.36. The van der Waals surface area contributed by atoms with Crippen LogP contribution in [0.25, 0.3) is 0 Å². The van der Waals surface area contributed by atoms with Gasteiger partial charge >= 0.3 is 0 Å². The Morgan fingerprint density at radius 1 is 1.43 bits per heavy atom. The van der Waals surface area contributed by atoms with E-state index in [1.807, 2.05) is 38.1 Å². The second-order valence-corrected chi connectivity index (χ2v) is 5.95. The first kappa shape index (κ1) is 15.8. The second kappa shape index (κ2) is 8.03. The lowest BCUT2D eigenvalue weighted by Crippen LogP contribution is -2.28. The van der Waals surface area contributed by atoms with Gasteiger partial charge in [0.15, 0.2) is 0 Å². The molecule has 4 nitrogen and oxygen atoms in total. The molecule has 1 atom stereocenters. The lowest BCUT2D eigenvalue weighted by atomic mass is 10.1. The SMILES string of the molecule is CC(C)Oc1ccccc1CC(=O)NCCC1CCNC1. The van der Waals surface area contributed by atoms with E-state index in [0.717, 1.165) is 37.4 Å². The first-order valence-corrected chi connectivity index (χ1v) is 7.87. The van der Waals surface area contributed by atoms with Crippen molar-refractivity contribution in [1.82, 2.24) is 10.6 Å². The molecule has 2 rings (SSSR count). The zero-order chi connectivity index (χ0) is 15.1. The summed E-state index contributed by atoms with van der Waals surface area (Å²) in [4.78, 5) is 12.0. The topological polar surface area (TPSA) is 50.4 Å². The minimum absolute atomic E-state index is 0.0702. The van der Waals surface area contributed by atoms with Crippen molar-refractivity contribution in [2.75, 3.05) is 19.6 Å². The number of amides is 1. The number of ether oxygens (including phenoxy) is 1. The van der Waals surface area contributed by atoms with Crippen LogP contribution in [-0.2, 0) is 11.2 Å². The van der Waals surface area contributed by atoms with Crippen LogP contribution in [0.2, 0.25) is 0 Å². The number of hydrogen-bond acceptors (Lipinski definition) is 3. The average molecular weight is 290 g/mol. The third kappa shape index (κ3) is 5.38. The highest BCUT2D eigenvalue weighted by Gasteiger charge is 2.14. The highest BCUT2D eigenvalue weighted by molar-refractivity contribution is 5.79. The molecule has 1 saturated heterocycles. The number of rotatable bonds is 7. The lowest BCUT2D eigenvalue weighted by Gasteiger charge is -2.14. The van der Waals surface area contributed by atoms with Gasteiger partial charge < -0.3 is 15.4 Å². The number of carbonyl (C=O) groups is 1. The largest absolute Gasteiger partial charge is 0.491 e. The molecule has 1 aromatic carbocycles. The summed E-state index contributed by atoms with van der Waals surface area (Å²) < 4.78 is 5.74. The zero-order valence-electron chi connectivity index (χ0n) is 13.0. The van der Waals surface area contributed by atoms with Crippen LogP contribution in [-0.4, -0.2) is 31.6 Å². The number of nitrogens with one attached hydrogen (secondary N) is 2. The van der Waals surface area contributed by atoms with Crippen molar-refractivity contribution < 1.29 is 9.53 Å². The molecule has 1 heterocycles. The third-order valence-corrected chi connectivity index (χ3v) is 3.72. The molecule has 1 aliphatic rings. The van der Waals surface area contributed by atoms with Gasteiger partial charge in [0.1, 0.15) is 5.75 Å². The van der Waals surface area contributed by atoms with Gasteiger partial charge in [0, 0.05) is 12.1 Å². The summed E-state index contributed by atoms with van der Waals surface area (Å²) >= 11 is 0. The molecular formula is C17H26N2O2. The zero-order valence-corrected chi connectivity index (χ0v) is 13.0. The molecule has 0 radical (unpaired) electrons. The van der Waals surface area contributed by atoms with Gasteiger partial charge in [-0.15, -0.1) is 0 Å². The van der Waals surface area contributed by atoms with Crippen molar-refractivity contribution in [3.8, 4) is 5.75 Å². The molecule has 2 N–H and O–H groups in total. The minimum atomic E-state index is 0.0702. The van der Waals surface area contributed by atoms with Crippen molar-refractivity contribution in [2.24, 2.45) is 5.92 Å². The molecule has 0 saturated carbocycles. The Kier molecular flexibility index (Phi) is 6.05. The Morgan fingerprint density at radius 3 is 2.95 bits per heavy atom. The minimum Gasteiger partial charge on any atom is -0.491 e. The van der Waals surface area contributed by atoms with Gasteiger partial charge in [-0.2, -0.15) is 0 Å². The van der Waals surface area contributed by atoms with E-state index in [1.54, 1.807) is 0 Å². The summed E-state index contributed by atoms with van der Waals surface area (Å²) in [7, 11) is 0. The Hall–Kier alpha value is -1.55. The van der Waals surface area contributed by atoms with E-state index < -0.39 is 0 Å². The van der Waals surface area contributed by atoms with E-state index in [9.17, 15) is 4.79 Å². The Bertz CT molecular complexity index is 454. The van der Waals surface area contributed by atoms with Crippen molar-refractivity contribution in [2.45, 2.75) is 39.2 Å². The van der Waals surface area contributed by atoms with Crippen LogP contribution in [0.5, 0.6) is 5.75 Å². The second-order valence-electron chi connectivity index (χ2n) is 5.95. The van der Waals surface area contributed by atoms with Crippen LogP contribution >= 0.6 is 0 Å². The van der Waals surface area contributed by atoms with E-state index in [2.05, 4.69) is 10.6 Å². The van der Waals surface area contributed by atoms with E-state index in [4.69, 9.17) is 4.74 Å². The van der Waals surface area contributed by atoms with Crippen molar-refractivity contribution >= 4 is 5.91 Å². The molecule has 0 bridgehead atoms. The maximum Gasteiger partial charge on any atom is 0.224 e. The van der Waals surface area contributed by atoms with Crippen LogP contribution in [0.4, 0.5) is 0 Å². The smallest absolute Gasteiger partial charge is 0.224 e. The maximum atomic E-state index is 12.0. The number of carbonyl (C=O) groups excluding carboxylic acids is 1. The summed E-state index contributed by atoms with van der Waals surface area (Å²) in [5.74, 6) is 1.59. The van der Waals surface area contributed by atoms with E-state index >= 15 is 0 Å². The van der Waals surface area contributed by atoms with E-state index in [0.29, 0.717) is 12.3 Å². The molecule has 1 aliphatic heterocycles. The number of para-hydroxylation sites is 1. The van der Waals surface area contributed by atoms with Gasteiger partial charge in [-0.05, 0) is 51.8 Å². The first-order chi connectivity index (χ1) is 10.1. The normalized spacial score (nSPS) is 18.0. The van der Waals surface area contributed by atoms with Gasteiger partial charge in [0.05, 0.1) is 12.5 Å². The van der Waals surface area contributed by atoms with Crippen LogP contribution in [0, 0.1) is 5.92 Å². The lowest BCUT2D eigenvalue weighted by molar-refractivity contribution is -0.120. The Morgan fingerprint density at radius 2 is 2.24 bits per heavy atom. The Balaban J connectivity index is 1.78. The van der Waals surface area contributed by atoms with Crippen molar-refractivity contribution in [3.63, 3.8) is 0 Å². The molecule has 116 valence electrons. The molecule has 1 fully saturated rings. The average Bonchev–Trinajstić information content (AvgIpc) is 2.93. The fourth-order valence-electron chi connectivity index (χ4n) is 2.63. The van der Waals surface area contributed by atoms with Crippen molar-refractivity contribution in [1.29, 1.82) is 0 Å². The Labute approximate surface area is 127 Å². The maximum absolute atomic E-state index is 12.0. The predicted molar refractivity (Wildman–Crippen MR) is 84.5 cm³/mol. The van der Waals surface area contributed by atoms with E-state index in [1.165, 1.54) is 6.42 Å². The van der Waals surface area contributed by atoms with Crippen LogP contribution in [0.1, 0.15) is 32.3 Å². The highest BCUT2D eigenvalue weighted by Crippen LogP contribution is 2.20. The molecule has 1 unspecified atom stereocenters. The standard InChI is InChI=1S/C17H26N2O2/c1-13(2)21-16-6-4-3-5-15(16)11-17(20)19-10-8-14-7-9-18-12-14/h3-6,13-14,18H,7-12H2,1-2H3,(H,19,20). The van der Waals surface area contributed by atoms with Crippen LogP contribution in [0.3, 0.4) is 0 Å². The van der Waals surface area contributed by atoms with E-state index in [-0.39, 0.29) is 12.0 Å². The highest BCUT2D eigenvalue weighted by atomic mass is 16.5. The monoisotopic (exact) mass is 290 g/mol. The third-order valence-electron chi connectivity index (χ3n) is 3.72. The summed E-state index contributed by atoms with van der Waals surface area (Å²) in [6, 6.07) is 7.76. The molecule has 1 aromatic rings. The molecular weight excluding hydrogens is 264 g/mol. The first-order valence-electron chi connectivity index (χ1n) is 7.87. The molecule has 0 spiro atoms. The quantitative estimate of drug-likeness (QED) is 0.809. The molecule has 1 amide bonds. The number of hydrogen-bond donors (Lipinski definition) is 2. The van der Waals surface area contributed by atoms with Gasteiger partial charge in [-0.25, -0.2) is 0 Å². The molecule has 4 heteroatoms. The van der Waals surface area contributed by atoms with Crippen LogP contribution < -0.4 is 15.4 Å². The molecule has 21 heavy (non-hydrogen) atoms. The van der Waals surface area contributed by atoms with Crippen LogP contribution in [0.15, 0.2) is 24.3 Å². The van der Waals surface area contributed by atoms with Gasteiger partial charge in [-0.3, -0.25) is 4.79 Å². The van der Waals surface area contributed by atoms with Gasteiger partial charge in [-0.1, -0.05) is 18.2 Å². The fourth-order valence-corrected chi connectivity index (χ4v) is 2.63. The van der Waals surface area contributed by atoms with Crippen molar-refractivity contribution in [3.05, 3.63) is 29.8 Å². The molecule has 0 aliphatic carbocycles. The summed E-state index contributed by atoms with van der Waals surface area (Å²) in [6.07, 6.45) is 2.78. The fraction of sp³-hybridized carbons (Fsp3) is 0.588. The summed E-state index contributed by atoms with van der Waals surface area (Å²) in [6.45, 7) is 6.94. The van der Waals surface area contributed by atoms with Gasteiger partial charge in [0.2, 0.25) is 5.91 Å². The summed E-state index contributed by atoms with van der Waals surface area (Å²) in [5.41, 5.74) is 0.950.